The van der Waals surface area contributed by atoms with E-state index < -0.39 is 0 Å². The minimum atomic E-state index is -0.173. The Kier molecular flexibility index (Phi) is 4.56. The van der Waals surface area contributed by atoms with E-state index in [1.165, 1.54) is 6.07 Å². The number of halogens is 1. The molecule has 0 aliphatic carbocycles. The SMILES string of the molecule is CCCN(CC)c1c(F)cccc1CN. The van der Waals surface area contributed by atoms with Gasteiger partial charge < -0.3 is 10.6 Å². The number of benzene rings is 1. The van der Waals surface area contributed by atoms with Gasteiger partial charge in [-0.1, -0.05) is 19.1 Å². The first-order chi connectivity index (χ1) is 7.24. The molecule has 0 aromatic heterocycles. The summed E-state index contributed by atoms with van der Waals surface area (Å²) < 4.78 is 13.7. The van der Waals surface area contributed by atoms with E-state index in [1.54, 1.807) is 6.07 Å². The van der Waals surface area contributed by atoms with Crippen molar-refractivity contribution in [2.24, 2.45) is 5.73 Å². The molecule has 0 bridgehead atoms. The van der Waals surface area contributed by atoms with Crippen LogP contribution in [-0.2, 0) is 6.54 Å². The Balaban J connectivity index is 3.08. The Morgan fingerprint density at radius 2 is 2.07 bits per heavy atom. The molecule has 2 N–H and O–H groups in total. The van der Waals surface area contributed by atoms with Gasteiger partial charge in [0.15, 0.2) is 0 Å². The molecule has 2 nitrogen and oxygen atoms in total. The lowest BCUT2D eigenvalue weighted by atomic mass is 10.1. The highest BCUT2D eigenvalue weighted by Gasteiger charge is 2.12. The van der Waals surface area contributed by atoms with Crippen molar-refractivity contribution in [3.8, 4) is 0 Å². The molecule has 3 heteroatoms. The zero-order valence-electron chi connectivity index (χ0n) is 9.46. The molecule has 0 aliphatic heterocycles. The monoisotopic (exact) mass is 210 g/mol. The van der Waals surface area contributed by atoms with E-state index in [4.69, 9.17) is 5.73 Å². The highest BCUT2D eigenvalue weighted by Crippen LogP contribution is 2.24. The lowest BCUT2D eigenvalue weighted by molar-refractivity contribution is 0.614. The molecule has 1 rings (SSSR count). The molecule has 0 unspecified atom stereocenters. The fraction of sp³-hybridized carbons (Fsp3) is 0.500. The zero-order chi connectivity index (χ0) is 11.3. The maximum atomic E-state index is 13.7. The molecule has 0 saturated heterocycles. The number of nitrogens with zero attached hydrogens (tertiary/aromatic N) is 1. The second-order valence-electron chi connectivity index (χ2n) is 3.53. The minimum absolute atomic E-state index is 0.173. The average Bonchev–Trinajstić information content (AvgIpc) is 2.26. The molecule has 0 heterocycles. The first-order valence-electron chi connectivity index (χ1n) is 5.47. The predicted octanol–water partition coefficient (Wildman–Crippen LogP) is 2.52. The second-order valence-corrected chi connectivity index (χ2v) is 3.53. The van der Waals surface area contributed by atoms with E-state index in [9.17, 15) is 4.39 Å². The van der Waals surface area contributed by atoms with Gasteiger partial charge in [0.05, 0.1) is 5.69 Å². The van der Waals surface area contributed by atoms with Crippen LogP contribution in [0.3, 0.4) is 0 Å². The van der Waals surface area contributed by atoms with Gasteiger partial charge in [0.2, 0.25) is 0 Å². The number of hydrogen-bond acceptors (Lipinski definition) is 2. The minimum Gasteiger partial charge on any atom is -0.369 e. The summed E-state index contributed by atoms with van der Waals surface area (Å²) in [6.07, 6.45) is 1.01. The Bertz CT molecular complexity index is 312. The molecule has 0 fully saturated rings. The van der Waals surface area contributed by atoms with Crippen molar-refractivity contribution in [3.05, 3.63) is 29.6 Å². The normalized spacial score (nSPS) is 10.4. The van der Waals surface area contributed by atoms with Gasteiger partial charge in [-0.05, 0) is 25.0 Å². The Morgan fingerprint density at radius 3 is 2.60 bits per heavy atom. The quantitative estimate of drug-likeness (QED) is 0.809. The van der Waals surface area contributed by atoms with Crippen molar-refractivity contribution in [1.29, 1.82) is 0 Å². The van der Waals surface area contributed by atoms with E-state index in [-0.39, 0.29) is 5.82 Å². The van der Waals surface area contributed by atoms with Crippen molar-refractivity contribution in [2.75, 3.05) is 18.0 Å². The second kappa shape index (κ2) is 5.71. The standard InChI is InChI=1S/C12H19FN2/c1-3-8-15(4-2)12-10(9-14)6-5-7-11(12)13/h5-7H,3-4,8-9,14H2,1-2H3. The van der Waals surface area contributed by atoms with E-state index in [0.717, 1.165) is 25.1 Å². The van der Waals surface area contributed by atoms with Crippen molar-refractivity contribution >= 4 is 5.69 Å². The lowest BCUT2D eigenvalue weighted by Crippen LogP contribution is -2.26. The van der Waals surface area contributed by atoms with Gasteiger partial charge in [0.1, 0.15) is 5.82 Å². The Morgan fingerprint density at radius 1 is 1.33 bits per heavy atom. The van der Waals surface area contributed by atoms with Crippen molar-refractivity contribution < 1.29 is 4.39 Å². The third kappa shape index (κ3) is 2.69. The van der Waals surface area contributed by atoms with E-state index in [2.05, 4.69) is 6.92 Å². The van der Waals surface area contributed by atoms with Crippen molar-refractivity contribution in [1.82, 2.24) is 0 Å². The average molecular weight is 210 g/mol. The number of para-hydroxylation sites is 1. The van der Waals surface area contributed by atoms with Crippen LogP contribution in [-0.4, -0.2) is 13.1 Å². The van der Waals surface area contributed by atoms with Gasteiger partial charge >= 0.3 is 0 Å². The van der Waals surface area contributed by atoms with Crippen LogP contribution in [0.1, 0.15) is 25.8 Å². The van der Waals surface area contributed by atoms with Crippen LogP contribution < -0.4 is 10.6 Å². The first-order valence-corrected chi connectivity index (χ1v) is 5.47. The maximum Gasteiger partial charge on any atom is 0.146 e. The third-order valence-electron chi connectivity index (χ3n) is 2.48. The van der Waals surface area contributed by atoms with Crippen LogP contribution in [0.25, 0.3) is 0 Å². The summed E-state index contributed by atoms with van der Waals surface area (Å²) in [5.74, 6) is -0.173. The van der Waals surface area contributed by atoms with Crippen LogP contribution in [0.15, 0.2) is 18.2 Å². The molecule has 0 amide bonds. The molecule has 0 radical (unpaired) electrons. The highest BCUT2D eigenvalue weighted by atomic mass is 19.1. The molecule has 15 heavy (non-hydrogen) atoms. The maximum absolute atomic E-state index is 13.7. The summed E-state index contributed by atoms with van der Waals surface area (Å²) >= 11 is 0. The topological polar surface area (TPSA) is 29.3 Å². The zero-order valence-corrected chi connectivity index (χ0v) is 9.46. The van der Waals surface area contributed by atoms with Crippen molar-refractivity contribution in [2.45, 2.75) is 26.8 Å². The smallest absolute Gasteiger partial charge is 0.146 e. The van der Waals surface area contributed by atoms with Crippen molar-refractivity contribution in [3.63, 3.8) is 0 Å². The highest BCUT2D eigenvalue weighted by molar-refractivity contribution is 5.54. The Hall–Kier alpha value is -1.09. The summed E-state index contributed by atoms with van der Waals surface area (Å²) in [5.41, 5.74) is 7.17. The number of rotatable bonds is 5. The summed E-state index contributed by atoms with van der Waals surface area (Å²) in [4.78, 5) is 2.04. The molecule has 0 aliphatic rings. The lowest BCUT2D eigenvalue weighted by Gasteiger charge is -2.25. The Labute approximate surface area is 90.9 Å². The fourth-order valence-electron chi connectivity index (χ4n) is 1.78. The molecule has 84 valence electrons. The number of anilines is 1. The predicted molar refractivity (Wildman–Crippen MR) is 62.5 cm³/mol. The molecule has 0 spiro atoms. The molecule has 1 aromatic carbocycles. The van der Waals surface area contributed by atoms with Gasteiger partial charge in [-0.25, -0.2) is 4.39 Å². The van der Waals surface area contributed by atoms with E-state index >= 15 is 0 Å². The van der Waals surface area contributed by atoms with Gasteiger partial charge in [-0.2, -0.15) is 0 Å². The van der Waals surface area contributed by atoms with E-state index in [0.29, 0.717) is 12.2 Å². The molecule has 0 saturated carbocycles. The first kappa shape index (κ1) is 12.0. The van der Waals surface area contributed by atoms with Crippen LogP contribution in [0.4, 0.5) is 10.1 Å². The van der Waals surface area contributed by atoms with Crippen LogP contribution in [0.2, 0.25) is 0 Å². The summed E-state index contributed by atoms with van der Waals surface area (Å²) in [6, 6.07) is 5.09. The number of hydrogen-bond donors (Lipinski definition) is 1. The summed E-state index contributed by atoms with van der Waals surface area (Å²) in [6.45, 7) is 6.17. The largest absolute Gasteiger partial charge is 0.369 e. The van der Waals surface area contributed by atoms with Gasteiger partial charge in [0, 0.05) is 19.6 Å². The summed E-state index contributed by atoms with van der Waals surface area (Å²) in [7, 11) is 0. The molecule has 0 atom stereocenters. The molecular formula is C12H19FN2. The van der Waals surface area contributed by atoms with Crippen LogP contribution >= 0.6 is 0 Å². The van der Waals surface area contributed by atoms with Crippen LogP contribution in [0, 0.1) is 5.82 Å². The van der Waals surface area contributed by atoms with Gasteiger partial charge in [0.25, 0.3) is 0 Å². The third-order valence-corrected chi connectivity index (χ3v) is 2.48. The van der Waals surface area contributed by atoms with Crippen LogP contribution in [0.5, 0.6) is 0 Å². The molecule has 1 aromatic rings. The molecular weight excluding hydrogens is 191 g/mol. The van der Waals surface area contributed by atoms with Gasteiger partial charge in [-0.15, -0.1) is 0 Å². The number of nitrogens with two attached hydrogens (primary N) is 1. The fourth-order valence-corrected chi connectivity index (χ4v) is 1.78. The van der Waals surface area contributed by atoms with Gasteiger partial charge in [-0.3, -0.25) is 0 Å². The summed E-state index contributed by atoms with van der Waals surface area (Å²) in [5, 5.41) is 0. The van der Waals surface area contributed by atoms with E-state index in [1.807, 2.05) is 17.9 Å².